The molecule has 1 N–H and O–H groups in total. The van der Waals surface area contributed by atoms with Crippen molar-refractivity contribution in [2.75, 3.05) is 0 Å². The van der Waals surface area contributed by atoms with E-state index >= 15 is 0 Å². The number of benzene rings is 1. The third kappa shape index (κ3) is 3.16. The number of aliphatic hydroxyl groups excluding tert-OH is 1. The number of nitrogens with zero attached hydrogens (tertiary/aromatic N) is 4. The summed E-state index contributed by atoms with van der Waals surface area (Å²) in [5, 5.41) is 20.1. The molecule has 0 fully saturated rings. The van der Waals surface area contributed by atoms with Gasteiger partial charge in [-0.15, -0.1) is 0 Å². The molecule has 0 radical (unpaired) electrons. The van der Waals surface area contributed by atoms with E-state index in [1.54, 1.807) is 24.5 Å². The zero-order chi connectivity index (χ0) is 22.4. The Hall–Kier alpha value is -3.59. The molecule has 2 aromatic heterocycles. The number of aryl methyl sites for hydroxylation is 1. The Morgan fingerprint density at radius 1 is 1.16 bits per heavy atom. The summed E-state index contributed by atoms with van der Waals surface area (Å²) in [5.41, 5.74) is 5.09. The molecule has 5 nitrogen and oxygen atoms in total. The molecule has 6 heteroatoms. The molecule has 5 rings (SSSR count). The molecule has 2 aliphatic carbocycles. The van der Waals surface area contributed by atoms with Crippen LogP contribution in [0.25, 0.3) is 22.6 Å². The quantitative estimate of drug-likeness (QED) is 0.570. The SMILES string of the molecule is Cc1cnccc1-c1nc(-c2ccccc2F)c2c(n1)C1CC(C#N)=C(O)C(C)C1CC2. The van der Waals surface area contributed by atoms with E-state index in [4.69, 9.17) is 9.97 Å². The lowest BCUT2D eigenvalue weighted by atomic mass is 9.65. The van der Waals surface area contributed by atoms with Crippen LogP contribution in [-0.4, -0.2) is 20.1 Å². The Bertz CT molecular complexity index is 1290. The molecule has 0 saturated heterocycles. The van der Waals surface area contributed by atoms with Crippen molar-refractivity contribution in [1.82, 2.24) is 15.0 Å². The van der Waals surface area contributed by atoms with Gasteiger partial charge in [-0.3, -0.25) is 4.98 Å². The highest BCUT2D eigenvalue weighted by Crippen LogP contribution is 2.50. The summed E-state index contributed by atoms with van der Waals surface area (Å²) in [5.74, 6) is 0.455. The Morgan fingerprint density at radius 3 is 2.72 bits per heavy atom. The van der Waals surface area contributed by atoms with Crippen LogP contribution in [0.2, 0.25) is 0 Å². The largest absolute Gasteiger partial charge is 0.511 e. The molecule has 2 aliphatic rings. The van der Waals surface area contributed by atoms with Crippen LogP contribution < -0.4 is 0 Å². The van der Waals surface area contributed by atoms with Gasteiger partial charge in [-0.1, -0.05) is 19.1 Å². The maximum atomic E-state index is 14.9. The highest BCUT2D eigenvalue weighted by Gasteiger charge is 2.42. The second-order valence-corrected chi connectivity index (χ2v) is 8.71. The fraction of sp³-hybridized carbons (Fsp3) is 0.308. The third-order valence-corrected chi connectivity index (χ3v) is 6.97. The van der Waals surface area contributed by atoms with Crippen LogP contribution in [0.4, 0.5) is 4.39 Å². The number of rotatable bonds is 2. The summed E-state index contributed by atoms with van der Waals surface area (Å²) in [6.07, 6.45) is 5.44. The smallest absolute Gasteiger partial charge is 0.160 e. The first-order chi connectivity index (χ1) is 15.5. The van der Waals surface area contributed by atoms with Crippen LogP contribution >= 0.6 is 0 Å². The number of hydrogen-bond acceptors (Lipinski definition) is 5. The molecule has 1 aromatic carbocycles. The van der Waals surface area contributed by atoms with Gasteiger partial charge in [0.05, 0.1) is 23.0 Å². The van der Waals surface area contributed by atoms with Gasteiger partial charge < -0.3 is 5.11 Å². The lowest BCUT2D eigenvalue weighted by Gasteiger charge is -2.40. The maximum absolute atomic E-state index is 14.9. The van der Waals surface area contributed by atoms with Crippen LogP contribution in [0.3, 0.4) is 0 Å². The minimum absolute atomic E-state index is 0.0197. The molecule has 0 saturated carbocycles. The van der Waals surface area contributed by atoms with Gasteiger partial charge in [0.1, 0.15) is 11.6 Å². The Labute approximate surface area is 186 Å². The van der Waals surface area contributed by atoms with Gasteiger partial charge in [0.25, 0.3) is 0 Å². The van der Waals surface area contributed by atoms with Crippen LogP contribution in [-0.2, 0) is 6.42 Å². The van der Waals surface area contributed by atoms with Crippen LogP contribution in [0.1, 0.15) is 42.5 Å². The minimum Gasteiger partial charge on any atom is -0.511 e. The molecule has 3 atom stereocenters. The van der Waals surface area contributed by atoms with Crippen molar-refractivity contribution in [3.8, 4) is 28.7 Å². The van der Waals surface area contributed by atoms with Crippen molar-refractivity contribution in [2.45, 2.75) is 39.0 Å². The van der Waals surface area contributed by atoms with Crippen LogP contribution in [0.15, 0.2) is 54.1 Å². The molecule has 3 unspecified atom stereocenters. The fourth-order valence-electron chi connectivity index (χ4n) is 5.24. The van der Waals surface area contributed by atoms with E-state index in [0.717, 1.165) is 28.8 Å². The van der Waals surface area contributed by atoms with E-state index in [0.29, 0.717) is 35.5 Å². The van der Waals surface area contributed by atoms with Crippen molar-refractivity contribution in [3.63, 3.8) is 0 Å². The Morgan fingerprint density at radius 2 is 1.97 bits per heavy atom. The van der Waals surface area contributed by atoms with E-state index < -0.39 is 0 Å². The molecule has 2 heterocycles. The monoisotopic (exact) mass is 426 g/mol. The third-order valence-electron chi connectivity index (χ3n) is 6.97. The normalized spacial score (nSPS) is 22.1. The summed E-state index contributed by atoms with van der Waals surface area (Å²) in [6, 6.07) is 10.7. The van der Waals surface area contributed by atoms with Crippen molar-refractivity contribution in [3.05, 3.63) is 76.7 Å². The van der Waals surface area contributed by atoms with Gasteiger partial charge in [-0.2, -0.15) is 5.26 Å². The lowest BCUT2D eigenvalue weighted by Crippen LogP contribution is -2.33. The average Bonchev–Trinajstić information content (AvgIpc) is 2.81. The predicted molar refractivity (Wildman–Crippen MR) is 119 cm³/mol. The molecule has 0 spiro atoms. The van der Waals surface area contributed by atoms with E-state index in [1.165, 1.54) is 6.07 Å². The number of fused-ring (bicyclic) bond motifs is 3. The molecule has 32 heavy (non-hydrogen) atoms. The molecular formula is C26H23FN4O. The standard InChI is InChI=1S/C26H23FN4O/c1-14-13-29-10-9-17(14)26-30-23(19-5-3-4-6-22(19)27)20-8-7-18-15(2)25(32)16(12-28)11-21(18)24(20)31-26/h3-6,9-10,13,15,18,21,32H,7-8,11H2,1-2H3. The fourth-order valence-corrected chi connectivity index (χ4v) is 5.24. The molecule has 160 valence electrons. The summed E-state index contributed by atoms with van der Waals surface area (Å²) >= 11 is 0. The van der Waals surface area contributed by atoms with Crippen molar-refractivity contribution in [1.29, 1.82) is 5.26 Å². The number of nitriles is 1. The first-order valence-electron chi connectivity index (χ1n) is 10.9. The van der Waals surface area contributed by atoms with E-state index in [2.05, 4.69) is 11.1 Å². The van der Waals surface area contributed by atoms with Gasteiger partial charge in [-0.05, 0) is 55.9 Å². The van der Waals surface area contributed by atoms with E-state index in [-0.39, 0.29) is 29.3 Å². The van der Waals surface area contributed by atoms with Gasteiger partial charge in [-0.25, -0.2) is 14.4 Å². The topological polar surface area (TPSA) is 82.7 Å². The predicted octanol–water partition coefficient (Wildman–Crippen LogP) is 5.67. The molecule has 0 aliphatic heterocycles. The summed E-state index contributed by atoms with van der Waals surface area (Å²) in [6.45, 7) is 3.93. The first-order valence-corrected chi connectivity index (χ1v) is 10.9. The van der Waals surface area contributed by atoms with Gasteiger partial charge in [0, 0.05) is 40.9 Å². The van der Waals surface area contributed by atoms with Crippen LogP contribution in [0.5, 0.6) is 0 Å². The number of pyridine rings is 1. The molecule has 0 bridgehead atoms. The van der Waals surface area contributed by atoms with E-state index in [1.807, 2.05) is 26.0 Å². The minimum atomic E-state index is -0.319. The highest BCUT2D eigenvalue weighted by molar-refractivity contribution is 5.70. The highest BCUT2D eigenvalue weighted by atomic mass is 19.1. The second kappa shape index (κ2) is 7.83. The zero-order valence-corrected chi connectivity index (χ0v) is 18.0. The summed E-state index contributed by atoms with van der Waals surface area (Å²) in [7, 11) is 0. The molecule has 3 aromatic rings. The summed E-state index contributed by atoms with van der Waals surface area (Å²) < 4.78 is 14.9. The number of aromatic nitrogens is 3. The zero-order valence-electron chi connectivity index (χ0n) is 18.0. The van der Waals surface area contributed by atoms with Gasteiger partial charge in [0.15, 0.2) is 5.82 Å². The Balaban J connectivity index is 1.77. The second-order valence-electron chi connectivity index (χ2n) is 8.71. The Kier molecular flexibility index (Phi) is 4.97. The first kappa shape index (κ1) is 20.3. The van der Waals surface area contributed by atoms with Crippen molar-refractivity contribution >= 4 is 0 Å². The van der Waals surface area contributed by atoms with Crippen molar-refractivity contribution in [2.24, 2.45) is 11.8 Å². The number of hydrogen-bond donors (Lipinski definition) is 1. The molecular weight excluding hydrogens is 403 g/mol. The average molecular weight is 426 g/mol. The number of halogens is 1. The maximum Gasteiger partial charge on any atom is 0.160 e. The van der Waals surface area contributed by atoms with Crippen molar-refractivity contribution < 1.29 is 9.50 Å². The van der Waals surface area contributed by atoms with Gasteiger partial charge in [0.2, 0.25) is 0 Å². The number of allylic oxidation sites excluding steroid dienone is 2. The van der Waals surface area contributed by atoms with E-state index in [9.17, 15) is 14.8 Å². The van der Waals surface area contributed by atoms with Crippen LogP contribution in [0, 0.1) is 35.9 Å². The number of aliphatic hydroxyl groups is 1. The van der Waals surface area contributed by atoms with Gasteiger partial charge >= 0.3 is 0 Å². The lowest BCUT2D eigenvalue weighted by molar-refractivity contribution is 0.198. The molecule has 0 amide bonds. The summed E-state index contributed by atoms with van der Waals surface area (Å²) in [4.78, 5) is 14.0.